The third kappa shape index (κ3) is 4.84. The van der Waals surface area contributed by atoms with Crippen LogP contribution in [0.1, 0.15) is 45.1 Å². The predicted molar refractivity (Wildman–Crippen MR) is 120 cm³/mol. The largest absolute Gasteiger partial charge is 0.394 e. The van der Waals surface area contributed by atoms with Crippen LogP contribution in [-0.4, -0.2) is 39.0 Å². The summed E-state index contributed by atoms with van der Waals surface area (Å²) in [6, 6.07) is 5.90. The number of aromatic nitrogens is 4. The molecule has 3 heterocycles. The molecule has 4 rings (SSSR count). The van der Waals surface area contributed by atoms with Crippen LogP contribution >= 0.6 is 15.9 Å². The Morgan fingerprint density at radius 1 is 1.33 bits per heavy atom. The molecule has 1 fully saturated rings. The molecule has 0 amide bonds. The van der Waals surface area contributed by atoms with Crippen molar-refractivity contribution >= 4 is 33.2 Å². The van der Waals surface area contributed by atoms with E-state index in [1.807, 2.05) is 44.4 Å². The van der Waals surface area contributed by atoms with E-state index in [9.17, 15) is 5.11 Å². The van der Waals surface area contributed by atoms with Gasteiger partial charge in [0.25, 0.3) is 0 Å². The average molecular weight is 478 g/mol. The van der Waals surface area contributed by atoms with E-state index in [0.29, 0.717) is 6.54 Å². The SMILES string of the molecule is CC.CO[n+]1cccc(CNc2cc(NC3(CO)CCCC3)nc3c(Br)cnn23)c1. The second-order valence-corrected chi connectivity index (χ2v) is 7.99. The number of aliphatic hydroxyl groups excluding tert-OH is 1. The van der Waals surface area contributed by atoms with E-state index in [4.69, 9.17) is 9.82 Å². The lowest BCUT2D eigenvalue weighted by atomic mass is 9.99. The van der Waals surface area contributed by atoms with Gasteiger partial charge < -0.3 is 15.7 Å². The molecule has 0 saturated heterocycles. The molecule has 3 aromatic heterocycles. The molecule has 3 N–H and O–H groups in total. The van der Waals surface area contributed by atoms with Crippen LogP contribution < -0.4 is 20.2 Å². The average Bonchev–Trinajstić information content (AvgIpc) is 3.41. The lowest BCUT2D eigenvalue weighted by Gasteiger charge is -2.28. The van der Waals surface area contributed by atoms with Crippen LogP contribution in [0.2, 0.25) is 0 Å². The minimum Gasteiger partial charge on any atom is -0.394 e. The van der Waals surface area contributed by atoms with Gasteiger partial charge in [-0.25, -0.2) is 4.98 Å². The quantitative estimate of drug-likeness (QED) is 0.453. The highest BCUT2D eigenvalue weighted by molar-refractivity contribution is 9.10. The van der Waals surface area contributed by atoms with Crippen molar-refractivity contribution in [2.45, 2.75) is 51.6 Å². The molecular formula is C21H30BrN6O2+. The highest BCUT2D eigenvalue weighted by Crippen LogP contribution is 2.33. The second kappa shape index (κ2) is 10.1. The zero-order valence-electron chi connectivity index (χ0n) is 17.7. The smallest absolute Gasteiger partial charge is 0.227 e. The molecular weight excluding hydrogens is 448 g/mol. The number of aliphatic hydroxyl groups is 1. The fraction of sp³-hybridized carbons (Fsp3) is 0.476. The van der Waals surface area contributed by atoms with Gasteiger partial charge in [0, 0.05) is 29.0 Å². The number of nitrogens with one attached hydrogen (secondary N) is 2. The van der Waals surface area contributed by atoms with Crippen molar-refractivity contribution in [3.8, 4) is 0 Å². The van der Waals surface area contributed by atoms with Gasteiger partial charge in [0.05, 0.1) is 22.8 Å². The Morgan fingerprint density at radius 2 is 2.10 bits per heavy atom. The van der Waals surface area contributed by atoms with Crippen LogP contribution in [0.5, 0.6) is 0 Å². The number of hydrogen-bond acceptors (Lipinski definition) is 6. The van der Waals surface area contributed by atoms with Crippen molar-refractivity contribution in [1.82, 2.24) is 14.6 Å². The van der Waals surface area contributed by atoms with Gasteiger partial charge in [0.2, 0.25) is 12.4 Å². The first-order valence-electron chi connectivity index (χ1n) is 10.3. The molecule has 1 aliphatic rings. The van der Waals surface area contributed by atoms with Crippen LogP contribution in [0.15, 0.2) is 41.3 Å². The highest BCUT2D eigenvalue weighted by atomic mass is 79.9. The summed E-state index contributed by atoms with van der Waals surface area (Å²) in [7, 11) is 1.63. The Hall–Kier alpha value is -2.39. The van der Waals surface area contributed by atoms with Crippen molar-refractivity contribution < 1.29 is 14.7 Å². The topological polar surface area (TPSA) is 87.6 Å². The molecule has 0 spiro atoms. The van der Waals surface area contributed by atoms with Crippen LogP contribution in [0, 0.1) is 0 Å². The van der Waals surface area contributed by atoms with Crippen molar-refractivity contribution in [3.05, 3.63) is 46.8 Å². The monoisotopic (exact) mass is 477 g/mol. The van der Waals surface area contributed by atoms with E-state index in [-0.39, 0.29) is 12.1 Å². The maximum absolute atomic E-state index is 9.93. The molecule has 0 radical (unpaired) electrons. The maximum Gasteiger partial charge on any atom is 0.227 e. The van der Waals surface area contributed by atoms with E-state index in [0.717, 1.165) is 53.0 Å². The Bertz CT molecular complexity index is 971. The highest BCUT2D eigenvalue weighted by Gasteiger charge is 2.33. The van der Waals surface area contributed by atoms with Gasteiger partial charge in [-0.15, -0.1) is 0 Å². The number of anilines is 2. The minimum absolute atomic E-state index is 0.101. The first kappa shape index (κ1) is 22.3. The third-order valence-corrected chi connectivity index (χ3v) is 5.77. The first-order valence-corrected chi connectivity index (χ1v) is 11.1. The standard InChI is InChI=1S/C19H24BrN6O2.C2H6/c1-28-25-8-4-5-14(12-25)10-21-17-9-16(23-18-15(20)11-22-26(17)18)24-19(13-27)6-2-3-7-19;1-2/h4-5,8-9,11-12,21,27H,2-3,6-7,10,13H2,1H3,(H,23,24);1-2H3/q+1;. The summed E-state index contributed by atoms with van der Waals surface area (Å²) in [6.45, 7) is 4.70. The Kier molecular flexibility index (Phi) is 7.49. The van der Waals surface area contributed by atoms with E-state index in [2.05, 4.69) is 31.7 Å². The van der Waals surface area contributed by atoms with Gasteiger partial charge in [-0.1, -0.05) is 26.7 Å². The number of hydrogen-bond donors (Lipinski definition) is 3. The summed E-state index contributed by atoms with van der Waals surface area (Å²) in [4.78, 5) is 9.92. The summed E-state index contributed by atoms with van der Waals surface area (Å²) in [5.74, 6) is 1.55. The molecule has 3 aromatic rings. The number of fused-ring (bicyclic) bond motifs is 1. The van der Waals surface area contributed by atoms with Crippen LogP contribution in [-0.2, 0) is 6.54 Å². The van der Waals surface area contributed by atoms with E-state index in [1.54, 1.807) is 22.6 Å². The fourth-order valence-corrected chi connectivity index (χ4v) is 4.03. The molecule has 1 saturated carbocycles. The summed E-state index contributed by atoms with van der Waals surface area (Å²) < 4.78 is 4.24. The van der Waals surface area contributed by atoms with Crippen molar-refractivity contribution in [3.63, 3.8) is 0 Å². The predicted octanol–water partition coefficient (Wildman–Crippen LogP) is 3.19. The molecule has 8 nitrogen and oxygen atoms in total. The van der Waals surface area contributed by atoms with Gasteiger partial charge >= 0.3 is 0 Å². The zero-order valence-corrected chi connectivity index (χ0v) is 19.3. The van der Waals surface area contributed by atoms with Crippen LogP contribution in [0.4, 0.5) is 11.6 Å². The molecule has 30 heavy (non-hydrogen) atoms. The normalized spacial score (nSPS) is 14.8. The van der Waals surface area contributed by atoms with Crippen molar-refractivity contribution in [2.24, 2.45) is 0 Å². The summed E-state index contributed by atoms with van der Waals surface area (Å²) in [5, 5.41) is 21.3. The van der Waals surface area contributed by atoms with E-state index >= 15 is 0 Å². The van der Waals surface area contributed by atoms with Gasteiger partial charge in [0.15, 0.2) is 5.65 Å². The van der Waals surface area contributed by atoms with Gasteiger partial charge in [-0.2, -0.15) is 9.61 Å². The van der Waals surface area contributed by atoms with E-state index in [1.165, 1.54) is 0 Å². The number of halogens is 1. The Balaban J connectivity index is 0.00000124. The minimum atomic E-state index is -0.293. The number of nitrogens with zero attached hydrogens (tertiary/aromatic N) is 4. The van der Waals surface area contributed by atoms with Crippen LogP contribution in [0.25, 0.3) is 5.65 Å². The van der Waals surface area contributed by atoms with Gasteiger partial charge in [0.1, 0.15) is 18.7 Å². The lowest BCUT2D eigenvalue weighted by Crippen LogP contribution is -2.40. The fourth-order valence-electron chi connectivity index (χ4n) is 3.68. The third-order valence-electron chi connectivity index (χ3n) is 5.21. The van der Waals surface area contributed by atoms with Crippen molar-refractivity contribution in [2.75, 3.05) is 24.4 Å². The molecule has 0 aliphatic heterocycles. The van der Waals surface area contributed by atoms with Crippen LogP contribution in [0.3, 0.4) is 0 Å². The Labute approximate surface area is 185 Å². The summed E-state index contributed by atoms with van der Waals surface area (Å²) in [6.07, 6.45) is 9.62. The zero-order chi connectivity index (χ0) is 21.6. The molecule has 9 heteroatoms. The number of pyridine rings is 1. The molecule has 0 aromatic carbocycles. The van der Waals surface area contributed by atoms with Gasteiger partial charge in [-0.05, 0) is 34.8 Å². The second-order valence-electron chi connectivity index (χ2n) is 7.13. The molecule has 0 bridgehead atoms. The summed E-state index contributed by atoms with van der Waals surface area (Å²) in [5.41, 5.74) is 1.50. The number of rotatable bonds is 7. The first-order chi connectivity index (χ1) is 14.6. The molecule has 0 atom stereocenters. The van der Waals surface area contributed by atoms with Crippen molar-refractivity contribution in [1.29, 1.82) is 0 Å². The lowest BCUT2D eigenvalue weighted by molar-refractivity contribution is -0.885. The molecule has 0 unspecified atom stereocenters. The maximum atomic E-state index is 9.93. The molecule has 162 valence electrons. The summed E-state index contributed by atoms with van der Waals surface area (Å²) >= 11 is 3.52. The van der Waals surface area contributed by atoms with E-state index < -0.39 is 0 Å². The van der Waals surface area contributed by atoms with Gasteiger partial charge in [-0.3, -0.25) is 4.84 Å². The molecule has 1 aliphatic carbocycles. The Morgan fingerprint density at radius 3 is 2.80 bits per heavy atom.